The van der Waals surface area contributed by atoms with E-state index in [1.165, 1.54) is 19.3 Å². The van der Waals surface area contributed by atoms with Gasteiger partial charge in [-0.1, -0.05) is 6.07 Å². The van der Waals surface area contributed by atoms with Crippen molar-refractivity contribution in [3.63, 3.8) is 0 Å². The van der Waals surface area contributed by atoms with Gasteiger partial charge in [0.1, 0.15) is 0 Å². The molecule has 1 aliphatic carbocycles. The molecule has 1 amide bonds. The molecule has 0 atom stereocenters. The van der Waals surface area contributed by atoms with Crippen molar-refractivity contribution in [2.75, 3.05) is 38.5 Å². The maximum absolute atomic E-state index is 13.1. The van der Waals surface area contributed by atoms with Crippen LogP contribution in [0.4, 0.5) is 5.69 Å². The van der Waals surface area contributed by atoms with Gasteiger partial charge in [-0.3, -0.25) is 24.8 Å². The molecule has 3 heterocycles. The second-order valence-corrected chi connectivity index (χ2v) is 10.3. The fraction of sp³-hybridized carbons (Fsp3) is 0.379. The van der Waals surface area contributed by atoms with Crippen LogP contribution in [0.25, 0.3) is 16.5 Å². The highest BCUT2D eigenvalue weighted by Gasteiger charge is 2.19. The number of likely N-dealkylation sites (N-methyl/N-ethyl adjacent to an activating group) is 1. The summed E-state index contributed by atoms with van der Waals surface area (Å²) in [7, 11) is 2.15. The van der Waals surface area contributed by atoms with Gasteiger partial charge in [-0.25, -0.2) is 0 Å². The zero-order valence-electron chi connectivity index (χ0n) is 22.2. The number of hydrogen-bond donors (Lipinski definition) is 3. The molecule has 0 bridgehead atoms. The fourth-order valence-corrected chi connectivity index (χ4v) is 4.77. The number of carbonyl (C=O) groups is 1. The molecule has 3 aromatic rings. The van der Waals surface area contributed by atoms with Crippen molar-refractivity contribution >= 4 is 34.8 Å². The summed E-state index contributed by atoms with van der Waals surface area (Å²) >= 11 is 0. The molecule has 1 saturated carbocycles. The number of carbonyl (C=O) groups excluding carboxylic acids is 1. The molecule has 1 aromatic carbocycles. The summed E-state index contributed by atoms with van der Waals surface area (Å²) < 4.78 is 0. The molecule has 198 valence electrons. The number of H-pyrrole nitrogens is 1. The lowest BCUT2D eigenvalue weighted by Gasteiger charge is -2.32. The van der Waals surface area contributed by atoms with Gasteiger partial charge >= 0.3 is 0 Å². The van der Waals surface area contributed by atoms with E-state index in [4.69, 9.17) is 0 Å². The van der Waals surface area contributed by atoms with E-state index in [-0.39, 0.29) is 5.91 Å². The molecule has 9 nitrogen and oxygen atoms in total. The molecule has 1 aliphatic heterocycles. The number of piperazine rings is 1. The molecule has 3 N–H and O–H groups in total. The predicted octanol–water partition coefficient (Wildman–Crippen LogP) is 4.05. The number of nitrogens with zero attached hydrogens (tertiary/aromatic N) is 5. The third kappa shape index (κ3) is 6.17. The standard InChI is InChI=1S/C29H36N8O/c1-20(15-25(17-30-2)32-22-5-4-6-22)21-7-10-27-26(16-21)28(35-34-27)29(38)33-23-8-9-24(31-18-23)19-37-13-11-36(3)12-14-37/h7-10,15-18,22,32H,2,4-6,11-14,19H2,1,3H3,(H,33,38)(H,34,35)/b20-15+,25-17+. The zero-order chi connectivity index (χ0) is 26.5. The summed E-state index contributed by atoms with van der Waals surface area (Å²) in [6.45, 7) is 10.7. The quantitative estimate of drug-likeness (QED) is 0.295. The Kier molecular flexibility index (Phi) is 7.95. The molecule has 0 radical (unpaired) electrons. The molecule has 1 saturated heterocycles. The number of nitrogens with one attached hydrogen (secondary N) is 3. The number of hydrogen-bond acceptors (Lipinski definition) is 7. The normalized spacial score (nSPS) is 17.8. The van der Waals surface area contributed by atoms with Crippen LogP contribution in [-0.4, -0.2) is 76.9 Å². The average Bonchev–Trinajstić information content (AvgIpc) is 3.32. The molecule has 9 heteroatoms. The van der Waals surface area contributed by atoms with Crippen LogP contribution in [0.2, 0.25) is 0 Å². The lowest BCUT2D eigenvalue weighted by Crippen LogP contribution is -2.43. The topological polar surface area (TPSA) is 102 Å². The molecule has 2 aliphatic rings. The molecular weight excluding hydrogens is 476 g/mol. The van der Waals surface area contributed by atoms with Gasteiger partial charge in [0.15, 0.2) is 5.69 Å². The number of aromatic nitrogens is 3. The van der Waals surface area contributed by atoms with Gasteiger partial charge in [0.05, 0.1) is 28.8 Å². The molecular formula is C29H36N8O. The minimum absolute atomic E-state index is 0.272. The molecule has 0 unspecified atom stereocenters. The van der Waals surface area contributed by atoms with Crippen LogP contribution in [0.1, 0.15) is 47.9 Å². The van der Waals surface area contributed by atoms with Crippen molar-refractivity contribution < 1.29 is 4.79 Å². The molecule has 38 heavy (non-hydrogen) atoms. The summed E-state index contributed by atoms with van der Waals surface area (Å²) in [6.07, 6.45) is 9.15. The van der Waals surface area contributed by atoms with Gasteiger partial charge in [0.25, 0.3) is 5.91 Å². The monoisotopic (exact) mass is 512 g/mol. The van der Waals surface area contributed by atoms with E-state index in [1.54, 1.807) is 12.4 Å². The number of amides is 1. The van der Waals surface area contributed by atoms with Gasteiger partial charge in [-0.15, -0.1) is 0 Å². The number of pyridine rings is 1. The van der Waals surface area contributed by atoms with E-state index in [0.29, 0.717) is 17.4 Å². The van der Waals surface area contributed by atoms with Crippen molar-refractivity contribution in [1.29, 1.82) is 0 Å². The third-order valence-corrected chi connectivity index (χ3v) is 7.38. The van der Waals surface area contributed by atoms with Crippen LogP contribution in [0, 0.1) is 0 Å². The number of aromatic amines is 1. The van der Waals surface area contributed by atoms with Crippen molar-refractivity contribution in [3.05, 3.63) is 71.5 Å². The predicted molar refractivity (Wildman–Crippen MR) is 153 cm³/mol. The number of rotatable bonds is 9. The minimum atomic E-state index is -0.272. The van der Waals surface area contributed by atoms with Gasteiger partial charge in [0.2, 0.25) is 0 Å². The van der Waals surface area contributed by atoms with E-state index < -0.39 is 0 Å². The fourth-order valence-electron chi connectivity index (χ4n) is 4.77. The van der Waals surface area contributed by atoms with Crippen molar-refractivity contribution in [1.82, 2.24) is 30.3 Å². The summed E-state index contributed by atoms with van der Waals surface area (Å²) in [5.74, 6) is -0.272. The number of fused-ring (bicyclic) bond motifs is 1. The van der Waals surface area contributed by atoms with Gasteiger partial charge < -0.3 is 15.5 Å². The number of allylic oxidation sites excluding steroid dienone is 2. The molecule has 0 spiro atoms. The second kappa shape index (κ2) is 11.7. The van der Waals surface area contributed by atoms with Crippen LogP contribution in [0.5, 0.6) is 0 Å². The van der Waals surface area contributed by atoms with Crippen LogP contribution < -0.4 is 10.6 Å². The lowest BCUT2D eigenvalue weighted by molar-refractivity contribution is 0.102. The Hall–Kier alpha value is -3.82. The Morgan fingerprint density at radius 3 is 2.71 bits per heavy atom. The van der Waals surface area contributed by atoms with E-state index in [1.807, 2.05) is 30.3 Å². The summed E-state index contributed by atoms with van der Waals surface area (Å²) in [5.41, 5.74) is 5.81. The molecule has 5 rings (SSSR count). The summed E-state index contributed by atoms with van der Waals surface area (Å²) in [4.78, 5) is 26.4. The van der Waals surface area contributed by atoms with Crippen molar-refractivity contribution in [2.24, 2.45) is 4.99 Å². The average molecular weight is 513 g/mol. The Morgan fingerprint density at radius 1 is 1.21 bits per heavy atom. The Labute approximate surface area is 223 Å². The van der Waals surface area contributed by atoms with Crippen molar-refractivity contribution in [2.45, 2.75) is 38.8 Å². The largest absolute Gasteiger partial charge is 0.381 e. The third-order valence-electron chi connectivity index (χ3n) is 7.38. The maximum atomic E-state index is 13.1. The van der Waals surface area contributed by atoms with E-state index >= 15 is 0 Å². The summed E-state index contributed by atoms with van der Waals surface area (Å²) in [6, 6.07) is 10.4. The Balaban J connectivity index is 1.27. The van der Waals surface area contributed by atoms with Gasteiger partial charge in [0, 0.05) is 50.4 Å². The highest BCUT2D eigenvalue weighted by molar-refractivity contribution is 6.11. The first-order chi connectivity index (χ1) is 18.5. The number of anilines is 1. The number of aliphatic imine (C=N–C) groups is 1. The molecule has 2 aromatic heterocycles. The van der Waals surface area contributed by atoms with Crippen LogP contribution in [-0.2, 0) is 6.54 Å². The second-order valence-electron chi connectivity index (χ2n) is 10.3. The zero-order valence-corrected chi connectivity index (χ0v) is 22.2. The van der Waals surface area contributed by atoms with Gasteiger partial charge in [-0.05, 0) is 81.4 Å². The maximum Gasteiger partial charge on any atom is 0.276 e. The smallest absolute Gasteiger partial charge is 0.276 e. The van der Waals surface area contributed by atoms with Crippen LogP contribution >= 0.6 is 0 Å². The van der Waals surface area contributed by atoms with Crippen LogP contribution in [0.15, 0.2) is 59.5 Å². The minimum Gasteiger partial charge on any atom is -0.381 e. The first kappa shape index (κ1) is 25.8. The SMILES string of the molecule is C=N/C=C(\C=C(/C)c1ccc2[nH]nc(C(=O)Nc3ccc(CN4CCN(C)CC4)nc3)c2c1)NC1CCC1. The Morgan fingerprint density at radius 2 is 2.03 bits per heavy atom. The lowest BCUT2D eigenvalue weighted by atomic mass is 9.93. The first-order valence-electron chi connectivity index (χ1n) is 13.2. The van der Waals surface area contributed by atoms with E-state index in [2.05, 4.69) is 67.4 Å². The van der Waals surface area contributed by atoms with E-state index in [9.17, 15) is 4.79 Å². The summed E-state index contributed by atoms with van der Waals surface area (Å²) in [5, 5.41) is 14.5. The van der Waals surface area contributed by atoms with Gasteiger partial charge in [-0.2, -0.15) is 5.10 Å². The van der Waals surface area contributed by atoms with Crippen molar-refractivity contribution in [3.8, 4) is 0 Å². The molecule has 2 fully saturated rings. The van der Waals surface area contributed by atoms with E-state index in [0.717, 1.165) is 66.2 Å². The highest BCUT2D eigenvalue weighted by Crippen LogP contribution is 2.25. The first-order valence-corrected chi connectivity index (χ1v) is 13.2. The highest BCUT2D eigenvalue weighted by atomic mass is 16.1. The van der Waals surface area contributed by atoms with Crippen LogP contribution in [0.3, 0.4) is 0 Å². The Bertz CT molecular complexity index is 1340. The number of benzene rings is 1.